The third-order valence-corrected chi connectivity index (χ3v) is 2.80. The molecule has 92 valence electrons. The normalized spacial score (nSPS) is 14.5. The number of hydrogen-bond acceptors (Lipinski definition) is 5. The van der Waals surface area contributed by atoms with Gasteiger partial charge in [0, 0.05) is 0 Å². The summed E-state index contributed by atoms with van der Waals surface area (Å²) in [6, 6.07) is 3.19. The Balaban J connectivity index is 2.40. The molecule has 0 bridgehead atoms. The zero-order valence-corrected chi connectivity index (χ0v) is 10.1. The molecule has 0 amide bonds. The molecule has 5 heteroatoms. The second-order valence-corrected chi connectivity index (χ2v) is 3.81. The van der Waals surface area contributed by atoms with E-state index < -0.39 is 6.04 Å². The number of aryl methyl sites for hydroxylation is 1. The summed E-state index contributed by atoms with van der Waals surface area (Å²) >= 11 is 0. The van der Waals surface area contributed by atoms with E-state index in [4.69, 9.17) is 14.2 Å². The van der Waals surface area contributed by atoms with Crippen LogP contribution in [0.3, 0.4) is 0 Å². The van der Waals surface area contributed by atoms with Crippen molar-refractivity contribution in [2.75, 3.05) is 21.0 Å². The monoisotopic (exact) mass is 237 g/mol. The molecule has 1 aliphatic rings. The van der Waals surface area contributed by atoms with Gasteiger partial charge in [-0.1, -0.05) is 0 Å². The molecule has 0 fully saturated rings. The predicted molar refractivity (Wildman–Crippen MR) is 61.1 cm³/mol. The molecule has 17 heavy (non-hydrogen) atoms. The van der Waals surface area contributed by atoms with E-state index in [9.17, 15) is 4.79 Å². The summed E-state index contributed by atoms with van der Waals surface area (Å²) in [5, 5.41) is 2.93. The smallest absolute Gasteiger partial charge is 0.327 e. The van der Waals surface area contributed by atoms with Gasteiger partial charge in [-0.25, -0.2) is 4.79 Å². The lowest BCUT2D eigenvalue weighted by Gasteiger charge is -2.16. The van der Waals surface area contributed by atoms with Gasteiger partial charge >= 0.3 is 5.97 Å². The first-order chi connectivity index (χ1) is 8.17. The first-order valence-electron chi connectivity index (χ1n) is 5.32. The number of rotatable bonds is 3. The predicted octanol–water partition coefficient (Wildman–Crippen LogP) is 1.16. The van der Waals surface area contributed by atoms with E-state index in [0.717, 1.165) is 11.1 Å². The minimum absolute atomic E-state index is 0.223. The standard InChI is InChI=1S/C12H15NO4/c1-7-4-9-10(17-6-16-9)5-8(7)11(13-2)12(14)15-3/h4-5,11,13H,6H2,1-3H3. The molecule has 1 N–H and O–H groups in total. The van der Waals surface area contributed by atoms with E-state index >= 15 is 0 Å². The van der Waals surface area contributed by atoms with Crippen molar-refractivity contribution in [1.82, 2.24) is 5.32 Å². The maximum atomic E-state index is 11.6. The van der Waals surface area contributed by atoms with Crippen molar-refractivity contribution in [2.45, 2.75) is 13.0 Å². The summed E-state index contributed by atoms with van der Waals surface area (Å²) in [5.41, 5.74) is 1.79. The number of carbonyl (C=O) groups is 1. The molecule has 0 radical (unpaired) electrons. The second kappa shape index (κ2) is 4.63. The van der Waals surface area contributed by atoms with Crippen LogP contribution in [0.4, 0.5) is 0 Å². The van der Waals surface area contributed by atoms with Crippen LogP contribution in [0.25, 0.3) is 0 Å². The number of likely N-dealkylation sites (N-methyl/N-ethyl adjacent to an activating group) is 1. The fourth-order valence-electron chi connectivity index (χ4n) is 1.89. The lowest BCUT2D eigenvalue weighted by molar-refractivity contribution is -0.143. The van der Waals surface area contributed by atoms with Crippen LogP contribution < -0.4 is 14.8 Å². The largest absolute Gasteiger partial charge is 0.468 e. The third kappa shape index (κ3) is 2.06. The highest BCUT2D eigenvalue weighted by atomic mass is 16.7. The van der Waals surface area contributed by atoms with Gasteiger partial charge in [-0.3, -0.25) is 0 Å². The van der Waals surface area contributed by atoms with Gasteiger partial charge in [0.05, 0.1) is 7.11 Å². The van der Waals surface area contributed by atoms with Crippen LogP contribution in [0, 0.1) is 6.92 Å². The minimum atomic E-state index is -0.491. The molecule has 1 aliphatic heterocycles. The Morgan fingerprint density at radius 3 is 2.65 bits per heavy atom. The zero-order valence-electron chi connectivity index (χ0n) is 10.1. The molecule has 2 rings (SSSR count). The van der Waals surface area contributed by atoms with Crippen LogP contribution in [0.1, 0.15) is 17.2 Å². The Bertz CT molecular complexity index is 444. The molecule has 0 saturated heterocycles. The Morgan fingerprint density at radius 2 is 2.06 bits per heavy atom. The van der Waals surface area contributed by atoms with Gasteiger partial charge in [0.1, 0.15) is 6.04 Å². The number of hydrogen-bond donors (Lipinski definition) is 1. The molecule has 1 aromatic carbocycles. The molecular formula is C12H15NO4. The van der Waals surface area contributed by atoms with E-state index in [-0.39, 0.29) is 12.8 Å². The topological polar surface area (TPSA) is 56.8 Å². The number of benzene rings is 1. The summed E-state index contributed by atoms with van der Waals surface area (Å²) in [6.07, 6.45) is 0. The maximum Gasteiger partial charge on any atom is 0.327 e. The molecule has 1 aromatic rings. The Hall–Kier alpha value is -1.75. The van der Waals surface area contributed by atoms with Crippen molar-refractivity contribution in [3.05, 3.63) is 23.3 Å². The van der Waals surface area contributed by atoms with E-state index in [0.29, 0.717) is 11.5 Å². The molecule has 0 spiro atoms. The zero-order chi connectivity index (χ0) is 12.4. The number of carbonyl (C=O) groups excluding carboxylic acids is 1. The number of methoxy groups -OCH3 is 1. The fourth-order valence-corrected chi connectivity index (χ4v) is 1.89. The van der Waals surface area contributed by atoms with E-state index in [1.165, 1.54) is 7.11 Å². The number of fused-ring (bicyclic) bond motifs is 1. The van der Waals surface area contributed by atoms with Crippen LogP contribution in [-0.4, -0.2) is 26.9 Å². The van der Waals surface area contributed by atoms with Gasteiger partial charge in [-0.05, 0) is 37.2 Å². The second-order valence-electron chi connectivity index (χ2n) is 3.81. The first kappa shape index (κ1) is 11.7. The molecule has 5 nitrogen and oxygen atoms in total. The van der Waals surface area contributed by atoms with Gasteiger partial charge < -0.3 is 19.5 Å². The Morgan fingerprint density at radius 1 is 1.41 bits per heavy atom. The van der Waals surface area contributed by atoms with Crippen molar-refractivity contribution < 1.29 is 19.0 Å². The highest BCUT2D eigenvalue weighted by Gasteiger charge is 2.24. The average Bonchev–Trinajstić information content (AvgIpc) is 2.76. The minimum Gasteiger partial charge on any atom is -0.468 e. The average molecular weight is 237 g/mol. The fraction of sp³-hybridized carbons (Fsp3) is 0.417. The van der Waals surface area contributed by atoms with Gasteiger partial charge in [0.15, 0.2) is 11.5 Å². The van der Waals surface area contributed by atoms with Gasteiger partial charge in [0.2, 0.25) is 6.79 Å². The molecule has 1 unspecified atom stereocenters. The van der Waals surface area contributed by atoms with Crippen LogP contribution in [0.2, 0.25) is 0 Å². The van der Waals surface area contributed by atoms with Crippen molar-refractivity contribution in [1.29, 1.82) is 0 Å². The first-order valence-corrected chi connectivity index (χ1v) is 5.32. The summed E-state index contributed by atoms with van der Waals surface area (Å²) in [7, 11) is 3.08. The van der Waals surface area contributed by atoms with Crippen molar-refractivity contribution in [3.8, 4) is 11.5 Å². The van der Waals surface area contributed by atoms with Gasteiger partial charge in [-0.2, -0.15) is 0 Å². The van der Waals surface area contributed by atoms with E-state index in [2.05, 4.69) is 5.32 Å². The van der Waals surface area contributed by atoms with Crippen LogP contribution in [-0.2, 0) is 9.53 Å². The molecule has 1 atom stereocenters. The van der Waals surface area contributed by atoms with Crippen LogP contribution in [0.15, 0.2) is 12.1 Å². The highest BCUT2D eigenvalue weighted by Crippen LogP contribution is 2.36. The summed E-state index contributed by atoms with van der Waals surface area (Å²) < 4.78 is 15.3. The number of esters is 1. The van der Waals surface area contributed by atoms with Gasteiger partial charge in [0.25, 0.3) is 0 Å². The van der Waals surface area contributed by atoms with Crippen molar-refractivity contribution in [3.63, 3.8) is 0 Å². The van der Waals surface area contributed by atoms with Gasteiger partial charge in [-0.15, -0.1) is 0 Å². The maximum absolute atomic E-state index is 11.6. The van der Waals surface area contributed by atoms with Crippen molar-refractivity contribution in [2.24, 2.45) is 0 Å². The number of ether oxygens (including phenoxy) is 3. The summed E-state index contributed by atoms with van der Waals surface area (Å²) in [6.45, 7) is 2.14. The summed E-state index contributed by atoms with van der Waals surface area (Å²) in [4.78, 5) is 11.6. The van der Waals surface area contributed by atoms with Crippen molar-refractivity contribution >= 4 is 5.97 Å². The molecule has 1 heterocycles. The van der Waals surface area contributed by atoms with Crippen LogP contribution in [0.5, 0.6) is 11.5 Å². The lowest BCUT2D eigenvalue weighted by atomic mass is 10.0. The molecule has 0 saturated carbocycles. The Labute approximate surface area is 99.7 Å². The Kier molecular flexibility index (Phi) is 3.19. The van der Waals surface area contributed by atoms with E-state index in [1.807, 2.05) is 19.1 Å². The molecule has 0 aliphatic carbocycles. The number of nitrogens with one attached hydrogen (secondary N) is 1. The molecular weight excluding hydrogens is 222 g/mol. The SMILES string of the molecule is CNC(C(=O)OC)c1cc2c(cc1C)OCO2. The summed E-state index contributed by atoms with van der Waals surface area (Å²) in [5.74, 6) is 1.05. The van der Waals surface area contributed by atoms with Crippen LogP contribution >= 0.6 is 0 Å². The quantitative estimate of drug-likeness (QED) is 0.799. The van der Waals surface area contributed by atoms with E-state index in [1.54, 1.807) is 7.05 Å². The third-order valence-electron chi connectivity index (χ3n) is 2.80. The highest BCUT2D eigenvalue weighted by molar-refractivity contribution is 5.78. The molecule has 0 aromatic heterocycles. The lowest BCUT2D eigenvalue weighted by Crippen LogP contribution is -2.27.